The molecule has 0 spiro atoms. The van der Waals surface area contributed by atoms with Crippen molar-refractivity contribution in [2.24, 2.45) is 23.7 Å². The van der Waals surface area contributed by atoms with Gasteiger partial charge in [0, 0.05) is 25.2 Å². The van der Waals surface area contributed by atoms with Crippen molar-refractivity contribution in [3.63, 3.8) is 0 Å². The molecule has 4 aliphatic carbocycles. The summed E-state index contributed by atoms with van der Waals surface area (Å²) in [5.74, 6) is 2.93. The molecule has 7 rings (SSSR count). The van der Waals surface area contributed by atoms with E-state index in [-0.39, 0.29) is 5.92 Å². The lowest BCUT2D eigenvalue weighted by atomic mass is 9.48. The number of methoxy groups -OCH3 is 1. The lowest BCUT2D eigenvalue weighted by Crippen LogP contribution is -2.49. The van der Waals surface area contributed by atoms with E-state index in [4.69, 9.17) is 9.84 Å². The number of nitrogens with zero attached hydrogens (tertiary/aromatic N) is 1. The number of carboxylic acids is 1. The summed E-state index contributed by atoms with van der Waals surface area (Å²) < 4.78 is 5.89. The van der Waals surface area contributed by atoms with Gasteiger partial charge in [-0.2, -0.15) is 0 Å². The maximum absolute atomic E-state index is 11.0. The average molecular weight is 432 g/mol. The van der Waals surface area contributed by atoms with E-state index in [1.165, 1.54) is 60.8 Å². The second kappa shape index (κ2) is 7.62. The molecule has 0 amide bonds. The fourth-order valence-corrected chi connectivity index (χ4v) is 7.66. The Balaban J connectivity index is 1.24. The molecule has 2 aromatic carbocycles. The minimum Gasteiger partial charge on any atom is -0.496 e. The van der Waals surface area contributed by atoms with E-state index in [2.05, 4.69) is 47.4 Å². The highest BCUT2D eigenvalue weighted by molar-refractivity contribution is 5.71. The van der Waals surface area contributed by atoms with Crippen LogP contribution in [-0.4, -0.2) is 36.2 Å². The summed E-state index contributed by atoms with van der Waals surface area (Å²) in [4.78, 5) is 13.2. The molecule has 4 heteroatoms. The number of carbonyl (C=O) groups is 1. The Morgan fingerprint density at radius 1 is 0.969 bits per heavy atom. The number of hydrogen-bond donors (Lipinski definition) is 1. The van der Waals surface area contributed by atoms with Gasteiger partial charge in [0.05, 0.1) is 13.0 Å². The first-order valence-electron chi connectivity index (χ1n) is 12.2. The van der Waals surface area contributed by atoms with Crippen molar-refractivity contribution in [1.29, 1.82) is 0 Å². The van der Waals surface area contributed by atoms with Crippen LogP contribution >= 0.6 is 0 Å². The molecule has 5 aliphatic rings. The number of hydrogen-bond acceptors (Lipinski definition) is 3. The molecular formula is C28H33NO3. The third-order valence-electron chi connectivity index (χ3n) is 8.81. The molecule has 0 radical (unpaired) electrons. The van der Waals surface area contributed by atoms with E-state index in [1.54, 1.807) is 0 Å². The van der Waals surface area contributed by atoms with Crippen LogP contribution in [-0.2, 0) is 16.8 Å². The number of likely N-dealkylation sites (tertiary alicyclic amines) is 1. The molecule has 1 aliphatic heterocycles. The lowest BCUT2D eigenvalue weighted by molar-refractivity contribution is -0.147. The van der Waals surface area contributed by atoms with Gasteiger partial charge < -0.3 is 9.84 Å². The summed E-state index contributed by atoms with van der Waals surface area (Å²) in [5, 5.41) is 9.07. The Labute approximate surface area is 190 Å². The Hall–Kier alpha value is -2.33. The normalized spacial score (nSPS) is 31.5. The van der Waals surface area contributed by atoms with E-state index in [0.29, 0.717) is 18.5 Å². The van der Waals surface area contributed by atoms with Crippen molar-refractivity contribution in [3.8, 4) is 16.9 Å². The van der Waals surface area contributed by atoms with Crippen molar-refractivity contribution in [3.05, 3.63) is 53.6 Å². The highest BCUT2D eigenvalue weighted by atomic mass is 16.5. The summed E-state index contributed by atoms with van der Waals surface area (Å²) in [6.07, 6.45) is 8.37. The quantitative estimate of drug-likeness (QED) is 0.670. The maximum atomic E-state index is 11.0. The van der Waals surface area contributed by atoms with E-state index in [9.17, 15) is 4.79 Å². The van der Waals surface area contributed by atoms with Crippen LogP contribution in [0.4, 0.5) is 0 Å². The van der Waals surface area contributed by atoms with Gasteiger partial charge in [0.2, 0.25) is 0 Å². The van der Waals surface area contributed by atoms with Gasteiger partial charge >= 0.3 is 5.97 Å². The predicted molar refractivity (Wildman–Crippen MR) is 125 cm³/mol. The molecule has 5 fully saturated rings. The number of rotatable bonds is 6. The summed E-state index contributed by atoms with van der Waals surface area (Å²) in [6.45, 7) is 2.14. The Morgan fingerprint density at radius 3 is 2.12 bits per heavy atom. The van der Waals surface area contributed by atoms with Gasteiger partial charge in [-0.25, -0.2) is 0 Å². The van der Waals surface area contributed by atoms with E-state index in [1.807, 2.05) is 7.11 Å². The van der Waals surface area contributed by atoms with Crippen molar-refractivity contribution < 1.29 is 14.6 Å². The van der Waals surface area contributed by atoms with Crippen LogP contribution < -0.4 is 4.74 Å². The Bertz CT molecular complexity index is 986. The van der Waals surface area contributed by atoms with Gasteiger partial charge in [-0.05, 0) is 90.5 Å². The van der Waals surface area contributed by atoms with E-state index >= 15 is 0 Å². The molecule has 0 atom stereocenters. The molecule has 4 nitrogen and oxygen atoms in total. The van der Waals surface area contributed by atoms with Gasteiger partial charge in [-0.15, -0.1) is 0 Å². The first kappa shape index (κ1) is 20.3. The zero-order chi connectivity index (χ0) is 21.9. The van der Waals surface area contributed by atoms with Gasteiger partial charge in [0.1, 0.15) is 5.75 Å². The van der Waals surface area contributed by atoms with Crippen molar-refractivity contribution in [1.82, 2.24) is 4.90 Å². The summed E-state index contributed by atoms with van der Waals surface area (Å²) in [7, 11) is 1.82. The van der Waals surface area contributed by atoms with Crippen LogP contribution in [0.15, 0.2) is 42.5 Å². The largest absolute Gasteiger partial charge is 0.496 e. The summed E-state index contributed by atoms with van der Waals surface area (Å²) >= 11 is 0. The standard InChI is InChI=1S/C28H33NO3/c1-32-26-7-6-23(11-25(26)28-12-19-8-20(13-28)10-21(9-19)14-28)22-4-2-18(3-5-22)15-29-16-24(17-29)27(30)31/h2-7,11,19-21,24H,8-10,12-17H2,1H3,(H,30,31). The zero-order valence-corrected chi connectivity index (χ0v) is 18.9. The second-order valence-electron chi connectivity index (χ2n) is 11.0. The van der Waals surface area contributed by atoms with Gasteiger partial charge in [-0.1, -0.05) is 30.3 Å². The fourth-order valence-electron chi connectivity index (χ4n) is 7.66. The van der Waals surface area contributed by atoms with Crippen LogP contribution in [0.3, 0.4) is 0 Å². The molecular weight excluding hydrogens is 398 g/mol. The van der Waals surface area contributed by atoms with Crippen LogP contribution in [0.25, 0.3) is 11.1 Å². The minimum atomic E-state index is -0.675. The molecule has 4 bridgehead atoms. The maximum Gasteiger partial charge on any atom is 0.309 e. The molecule has 2 aromatic rings. The van der Waals surface area contributed by atoms with Crippen molar-refractivity contribution >= 4 is 5.97 Å². The molecule has 168 valence electrons. The molecule has 0 aromatic heterocycles. The number of benzene rings is 2. The number of carboxylic acid groups (broad SMARTS) is 1. The summed E-state index contributed by atoms with van der Waals surface area (Å²) in [6, 6.07) is 15.6. The number of aliphatic carboxylic acids is 1. The predicted octanol–water partition coefficient (Wildman–Crippen LogP) is 5.35. The Morgan fingerprint density at radius 2 is 1.56 bits per heavy atom. The third-order valence-corrected chi connectivity index (χ3v) is 8.81. The van der Waals surface area contributed by atoms with Crippen LogP contribution in [0.5, 0.6) is 5.75 Å². The smallest absolute Gasteiger partial charge is 0.309 e. The molecule has 1 N–H and O–H groups in total. The van der Waals surface area contributed by atoms with Crippen LogP contribution in [0, 0.1) is 23.7 Å². The number of ether oxygens (including phenoxy) is 1. The van der Waals surface area contributed by atoms with Gasteiger partial charge in [0.15, 0.2) is 0 Å². The van der Waals surface area contributed by atoms with E-state index in [0.717, 1.165) is 30.0 Å². The summed E-state index contributed by atoms with van der Waals surface area (Å²) in [5.41, 5.74) is 5.52. The van der Waals surface area contributed by atoms with Gasteiger partial charge in [-0.3, -0.25) is 9.69 Å². The Kier molecular flexibility index (Phi) is 4.83. The van der Waals surface area contributed by atoms with Crippen LogP contribution in [0.1, 0.15) is 49.7 Å². The van der Waals surface area contributed by atoms with Crippen molar-refractivity contribution in [2.45, 2.75) is 50.5 Å². The third kappa shape index (κ3) is 3.44. The highest BCUT2D eigenvalue weighted by Gasteiger charge is 2.52. The fraction of sp³-hybridized carbons (Fsp3) is 0.536. The molecule has 32 heavy (non-hydrogen) atoms. The van der Waals surface area contributed by atoms with Crippen molar-refractivity contribution in [2.75, 3.05) is 20.2 Å². The van der Waals surface area contributed by atoms with E-state index < -0.39 is 5.97 Å². The first-order valence-corrected chi connectivity index (χ1v) is 12.2. The molecule has 4 saturated carbocycles. The monoisotopic (exact) mass is 431 g/mol. The first-order chi connectivity index (χ1) is 15.5. The zero-order valence-electron chi connectivity index (χ0n) is 18.9. The molecule has 1 heterocycles. The topological polar surface area (TPSA) is 49.8 Å². The lowest BCUT2D eigenvalue weighted by Gasteiger charge is -2.57. The van der Waals surface area contributed by atoms with Crippen LogP contribution in [0.2, 0.25) is 0 Å². The second-order valence-corrected chi connectivity index (χ2v) is 11.0. The average Bonchev–Trinajstić information content (AvgIpc) is 2.75. The molecule has 1 saturated heterocycles. The molecule has 0 unspecified atom stereocenters. The van der Waals surface area contributed by atoms with Gasteiger partial charge in [0.25, 0.3) is 0 Å². The highest BCUT2D eigenvalue weighted by Crippen LogP contribution is 2.62. The minimum absolute atomic E-state index is 0.198. The SMILES string of the molecule is COc1ccc(-c2ccc(CN3CC(C(=O)O)C3)cc2)cc1C12CC3CC(CC(C3)C1)C2.